The molecular weight excluding hydrogens is 298 g/mol. The summed E-state index contributed by atoms with van der Waals surface area (Å²) in [4.78, 5) is 1.29. The molecule has 2 N–H and O–H groups in total. The van der Waals surface area contributed by atoms with Crippen LogP contribution in [0.25, 0.3) is 0 Å². The zero-order valence-corrected chi connectivity index (χ0v) is 14.3. The molecule has 0 saturated carbocycles. The summed E-state index contributed by atoms with van der Waals surface area (Å²) in [5, 5.41) is 0.983. The number of rotatable bonds is 5. The van der Waals surface area contributed by atoms with Gasteiger partial charge in [-0.25, -0.2) is 0 Å². The van der Waals surface area contributed by atoms with Gasteiger partial charge in [-0.1, -0.05) is 48.4 Å². The minimum absolute atomic E-state index is 0.106. The summed E-state index contributed by atoms with van der Waals surface area (Å²) >= 11 is 7.98. The van der Waals surface area contributed by atoms with E-state index in [-0.39, 0.29) is 11.3 Å². The average Bonchev–Trinajstić information content (AvgIpc) is 2.45. The minimum Gasteiger partial charge on any atom is -0.326 e. The molecule has 0 aromatic heterocycles. The molecule has 2 aromatic carbocycles. The predicted molar refractivity (Wildman–Crippen MR) is 94.2 cm³/mol. The molecule has 21 heavy (non-hydrogen) atoms. The van der Waals surface area contributed by atoms with Gasteiger partial charge in [-0.3, -0.25) is 0 Å². The summed E-state index contributed by atoms with van der Waals surface area (Å²) in [5.41, 5.74) is 10.1. The Balaban J connectivity index is 2.33. The van der Waals surface area contributed by atoms with Crippen LogP contribution < -0.4 is 5.73 Å². The lowest BCUT2D eigenvalue weighted by molar-refractivity contribution is 0.634. The van der Waals surface area contributed by atoms with Crippen LogP contribution >= 0.6 is 23.4 Å². The standard InChI is InChI=1S/C18H22ClNS/c1-4-16(20)18(14-6-5-7-15(19)11-14)21-17-9-8-12(2)10-13(17)3/h5-11,16,18H,4,20H2,1-3H3. The Labute approximate surface area is 136 Å². The van der Waals surface area contributed by atoms with Gasteiger partial charge in [0.2, 0.25) is 0 Å². The third-order valence-electron chi connectivity index (χ3n) is 3.62. The summed E-state index contributed by atoms with van der Waals surface area (Å²) in [7, 11) is 0. The van der Waals surface area contributed by atoms with Gasteiger partial charge in [-0.15, -0.1) is 11.8 Å². The quantitative estimate of drug-likeness (QED) is 0.733. The molecule has 0 amide bonds. The molecule has 0 aliphatic carbocycles. The van der Waals surface area contributed by atoms with E-state index in [1.807, 2.05) is 30.0 Å². The second-order valence-corrected chi connectivity index (χ2v) is 7.05. The maximum Gasteiger partial charge on any atom is 0.0496 e. The smallest absolute Gasteiger partial charge is 0.0496 e. The first-order valence-corrected chi connectivity index (χ1v) is 8.52. The molecule has 2 rings (SSSR count). The van der Waals surface area contributed by atoms with Gasteiger partial charge in [0.25, 0.3) is 0 Å². The van der Waals surface area contributed by atoms with Crippen LogP contribution in [0.2, 0.25) is 5.02 Å². The van der Waals surface area contributed by atoms with Crippen LogP contribution in [-0.2, 0) is 0 Å². The molecule has 1 nitrogen and oxygen atoms in total. The number of nitrogens with two attached hydrogens (primary N) is 1. The van der Waals surface area contributed by atoms with Gasteiger partial charge < -0.3 is 5.73 Å². The van der Waals surface area contributed by atoms with Gasteiger partial charge in [0.1, 0.15) is 0 Å². The summed E-state index contributed by atoms with van der Waals surface area (Å²) in [6.07, 6.45) is 0.940. The van der Waals surface area contributed by atoms with Crippen molar-refractivity contribution in [2.24, 2.45) is 5.73 Å². The molecule has 112 valence electrons. The monoisotopic (exact) mass is 319 g/mol. The van der Waals surface area contributed by atoms with Crippen molar-refractivity contribution in [3.8, 4) is 0 Å². The van der Waals surface area contributed by atoms with Crippen molar-refractivity contribution in [2.75, 3.05) is 0 Å². The highest BCUT2D eigenvalue weighted by molar-refractivity contribution is 7.99. The third-order valence-corrected chi connectivity index (χ3v) is 5.44. The molecule has 2 atom stereocenters. The van der Waals surface area contributed by atoms with Gasteiger partial charge in [0.15, 0.2) is 0 Å². The lowest BCUT2D eigenvalue weighted by Crippen LogP contribution is -2.25. The van der Waals surface area contributed by atoms with Crippen LogP contribution in [0.5, 0.6) is 0 Å². The maximum atomic E-state index is 6.36. The normalized spacial score (nSPS) is 14.0. The molecule has 0 bridgehead atoms. The second kappa shape index (κ2) is 7.35. The van der Waals surface area contributed by atoms with Crippen molar-refractivity contribution in [1.82, 2.24) is 0 Å². The SMILES string of the molecule is CCC(N)C(Sc1ccc(C)cc1C)c1cccc(Cl)c1. The topological polar surface area (TPSA) is 26.0 Å². The van der Waals surface area contributed by atoms with Gasteiger partial charge in [0, 0.05) is 21.2 Å². The lowest BCUT2D eigenvalue weighted by atomic mass is 10.0. The van der Waals surface area contributed by atoms with Gasteiger partial charge in [-0.05, 0) is 49.6 Å². The van der Waals surface area contributed by atoms with Crippen molar-refractivity contribution in [2.45, 2.75) is 43.4 Å². The number of halogens is 1. The van der Waals surface area contributed by atoms with E-state index in [0.717, 1.165) is 11.4 Å². The highest BCUT2D eigenvalue weighted by atomic mass is 35.5. The first-order chi connectivity index (χ1) is 10.0. The molecular formula is C18H22ClNS. The van der Waals surface area contributed by atoms with Gasteiger partial charge >= 0.3 is 0 Å². The van der Waals surface area contributed by atoms with Crippen LogP contribution in [0.1, 0.15) is 35.3 Å². The van der Waals surface area contributed by atoms with Crippen molar-refractivity contribution in [1.29, 1.82) is 0 Å². The van der Waals surface area contributed by atoms with Crippen molar-refractivity contribution < 1.29 is 0 Å². The molecule has 2 unspecified atom stereocenters. The zero-order chi connectivity index (χ0) is 15.4. The fraction of sp³-hybridized carbons (Fsp3) is 0.333. The van der Waals surface area contributed by atoms with Crippen LogP contribution in [-0.4, -0.2) is 6.04 Å². The van der Waals surface area contributed by atoms with E-state index in [0.29, 0.717) is 0 Å². The summed E-state index contributed by atoms with van der Waals surface area (Å²) in [6.45, 7) is 6.40. The summed E-state index contributed by atoms with van der Waals surface area (Å²) in [5.74, 6) is 0. The molecule has 0 heterocycles. The maximum absolute atomic E-state index is 6.36. The lowest BCUT2D eigenvalue weighted by Gasteiger charge is -2.24. The Morgan fingerprint density at radius 2 is 1.90 bits per heavy atom. The molecule has 2 aromatic rings. The van der Waals surface area contributed by atoms with Gasteiger partial charge in [-0.2, -0.15) is 0 Å². The van der Waals surface area contributed by atoms with E-state index < -0.39 is 0 Å². The molecule has 3 heteroatoms. The first-order valence-electron chi connectivity index (χ1n) is 7.26. The molecule has 0 spiro atoms. The van der Waals surface area contributed by atoms with E-state index in [9.17, 15) is 0 Å². The van der Waals surface area contributed by atoms with Crippen LogP contribution in [0, 0.1) is 13.8 Å². The average molecular weight is 320 g/mol. The number of hydrogen-bond donors (Lipinski definition) is 1. The van der Waals surface area contributed by atoms with Crippen molar-refractivity contribution in [3.63, 3.8) is 0 Å². The fourth-order valence-corrected chi connectivity index (χ4v) is 3.88. The largest absolute Gasteiger partial charge is 0.326 e. The zero-order valence-electron chi connectivity index (χ0n) is 12.8. The first kappa shape index (κ1) is 16.4. The highest BCUT2D eigenvalue weighted by Gasteiger charge is 2.21. The van der Waals surface area contributed by atoms with Crippen molar-refractivity contribution in [3.05, 3.63) is 64.2 Å². The molecule has 0 saturated heterocycles. The summed E-state index contributed by atoms with van der Waals surface area (Å²) in [6, 6.07) is 14.7. The minimum atomic E-state index is 0.106. The Bertz CT molecular complexity index is 612. The Kier molecular flexibility index (Phi) is 5.74. The molecule has 0 fully saturated rings. The number of benzene rings is 2. The van der Waals surface area contributed by atoms with Crippen molar-refractivity contribution >= 4 is 23.4 Å². The van der Waals surface area contributed by atoms with E-state index in [4.69, 9.17) is 17.3 Å². The molecule has 0 aliphatic heterocycles. The number of thioether (sulfide) groups is 1. The van der Waals surface area contributed by atoms with E-state index >= 15 is 0 Å². The van der Waals surface area contributed by atoms with Crippen LogP contribution in [0.15, 0.2) is 47.4 Å². The Morgan fingerprint density at radius 1 is 1.14 bits per heavy atom. The predicted octanol–water partition coefficient (Wildman–Crippen LogP) is 5.53. The van der Waals surface area contributed by atoms with Gasteiger partial charge in [0.05, 0.1) is 0 Å². The number of hydrogen-bond acceptors (Lipinski definition) is 2. The highest BCUT2D eigenvalue weighted by Crippen LogP contribution is 2.40. The number of aryl methyl sites for hydroxylation is 2. The summed E-state index contributed by atoms with van der Waals surface area (Å²) < 4.78 is 0. The fourth-order valence-electron chi connectivity index (χ4n) is 2.37. The van der Waals surface area contributed by atoms with E-state index in [1.54, 1.807) is 0 Å². The Hall–Kier alpha value is -0.960. The van der Waals surface area contributed by atoms with Crippen LogP contribution in [0.4, 0.5) is 0 Å². The second-order valence-electron chi connectivity index (χ2n) is 5.43. The van der Waals surface area contributed by atoms with E-state index in [2.05, 4.69) is 45.0 Å². The third kappa shape index (κ3) is 4.26. The Morgan fingerprint density at radius 3 is 2.52 bits per heavy atom. The molecule has 0 aliphatic rings. The van der Waals surface area contributed by atoms with Crippen LogP contribution in [0.3, 0.4) is 0 Å². The molecule has 0 radical (unpaired) electrons. The van der Waals surface area contributed by atoms with E-state index in [1.165, 1.54) is 21.6 Å².